The van der Waals surface area contributed by atoms with Gasteiger partial charge in [0.1, 0.15) is 13.7 Å². The molecule has 0 aliphatic heterocycles. The van der Waals surface area contributed by atoms with Crippen LogP contribution >= 0.6 is 0 Å². The molecule has 3 aromatic carbocycles. The maximum Gasteiger partial charge on any atom is 0.152 e. The third-order valence-corrected chi connectivity index (χ3v) is 4.15. The Labute approximate surface area is 147 Å². The van der Waals surface area contributed by atoms with E-state index in [0.717, 1.165) is 5.56 Å². The van der Waals surface area contributed by atoms with Crippen LogP contribution in [-0.4, -0.2) is 21.2 Å². The van der Waals surface area contributed by atoms with Gasteiger partial charge >= 0.3 is 0 Å². The number of carbonyl (C=O) groups excluding carboxylic acids is 1. The second-order valence-corrected chi connectivity index (χ2v) is 5.65. The minimum Gasteiger partial charge on any atom is -0.397 e. The van der Waals surface area contributed by atoms with Crippen LogP contribution in [0, 0.1) is 5.82 Å². The van der Waals surface area contributed by atoms with Gasteiger partial charge in [0.2, 0.25) is 0 Å². The van der Waals surface area contributed by atoms with Gasteiger partial charge in [0, 0.05) is 18.2 Å². The maximum absolute atomic E-state index is 14.9. The number of halogens is 1. The van der Waals surface area contributed by atoms with E-state index in [-0.39, 0.29) is 5.46 Å². The summed E-state index contributed by atoms with van der Waals surface area (Å²) in [5.74, 6) is -0.533. The monoisotopic (exact) mass is 330 g/mol. The molecule has 0 fully saturated rings. The molecular weight excluding hydrogens is 314 g/mol. The Morgan fingerprint density at radius 3 is 2.36 bits per heavy atom. The van der Waals surface area contributed by atoms with Crippen molar-refractivity contribution in [3.63, 3.8) is 0 Å². The molecule has 0 heterocycles. The lowest BCUT2D eigenvalue weighted by molar-refractivity contribution is 0.112. The number of carbonyl (C=O) groups is 1. The largest absolute Gasteiger partial charge is 0.397 e. The second kappa shape index (κ2) is 6.81. The second-order valence-electron chi connectivity index (χ2n) is 5.65. The molecule has 25 heavy (non-hydrogen) atoms. The summed E-state index contributed by atoms with van der Waals surface area (Å²) >= 11 is 0. The molecule has 3 aromatic rings. The summed E-state index contributed by atoms with van der Waals surface area (Å²) in [5.41, 5.74) is 9.56. The topological polar surface area (TPSA) is 55.1 Å². The molecule has 0 spiro atoms. The van der Waals surface area contributed by atoms with Crippen LogP contribution in [0.15, 0.2) is 54.6 Å². The number of nitrogens with two attached hydrogens (primary N) is 1. The van der Waals surface area contributed by atoms with Crippen molar-refractivity contribution in [1.82, 2.24) is 0 Å². The summed E-state index contributed by atoms with van der Waals surface area (Å²) < 4.78 is 14.9. The molecule has 0 saturated heterocycles. The third kappa shape index (κ3) is 3.01. The minimum absolute atomic E-state index is 0.0626. The number of aldehydes is 1. The molecule has 0 bridgehead atoms. The van der Waals surface area contributed by atoms with Crippen LogP contribution in [0.1, 0.15) is 10.4 Å². The van der Waals surface area contributed by atoms with Crippen LogP contribution in [-0.2, 0) is 0 Å². The van der Waals surface area contributed by atoms with E-state index >= 15 is 0 Å². The molecule has 0 aromatic heterocycles. The van der Waals surface area contributed by atoms with E-state index in [1.807, 2.05) is 30.3 Å². The molecule has 5 heteroatoms. The third-order valence-electron chi connectivity index (χ3n) is 4.15. The molecule has 3 nitrogen and oxygen atoms in total. The zero-order valence-corrected chi connectivity index (χ0v) is 13.7. The Bertz CT molecular complexity index is 942. The van der Waals surface area contributed by atoms with Gasteiger partial charge in [-0.15, -0.1) is 0 Å². The molecule has 122 valence electrons. The first-order chi connectivity index (χ1) is 12.1. The number of nitrogen functional groups attached to an aromatic ring is 1. The highest BCUT2D eigenvalue weighted by Gasteiger charge is 2.15. The minimum atomic E-state index is -0.533. The lowest BCUT2D eigenvalue weighted by atomic mass is 9.83. The van der Waals surface area contributed by atoms with Crippen molar-refractivity contribution < 1.29 is 9.18 Å². The van der Waals surface area contributed by atoms with Crippen LogP contribution in [0.4, 0.5) is 15.8 Å². The van der Waals surface area contributed by atoms with Crippen LogP contribution in [0.3, 0.4) is 0 Å². The number of hydrogen-bond donors (Lipinski definition) is 2. The fraction of sp³-hybridized carbons (Fsp3) is 0.0500. The summed E-state index contributed by atoms with van der Waals surface area (Å²) in [6.07, 6.45) is 0.686. The molecular formula is C20H16BFN2O. The predicted octanol–water partition coefficient (Wildman–Crippen LogP) is 3.39. The van der Waals surface area contributed by atoms with Gasteiger partial charge in [-0.05, 0) is 28.8 Å². The van der Waals surface area contributed by atoms with Crippen molar-refractivity contribution in [2.45, 2.75) is 0 Å². The Balaban J connectivity index is 2.15. The van der Waals surface area contributed by atoms with Crippen LogP contribution < -0.4 is 16.5 Å². The molecule has 0 amide bonds. The number of anilines is 2. The smallest absolute Gasteiger partial charge is 0.152 e. The first-order valence-corrected chi connectivity index (χ1v) is 7.77. The van der Waals surface area contributed by atoms with Gasteiger partial charge in [-0.2, -0.15) is 0 Å². The van der Waals surface area contributed by atoms with E-state index in [4.69, 9.17) is 13.6 Å². The molecule has 0 unspecified atom stereocenters. The lowest BCUT2D eigenvalue weighted by Gasteiger charge is -2.15. The van der Waals surface area contributed by atoms with E-state index in [9.17, 15) is 9.18 Å². The zero-order valence-electron chi connectivity index (χ0n) is 13.7. The summed E-state index contributed by atoms with van der Waals surface area (Å²) in [7, 11) is 7.70. The Hall–Kier alpha value is -3.08. The highest BCUT2D eigenvalue weighted by molar-refractivity contribution is 6.36. The van der Waals surface area contributed by atoms with Gasteiger partial charge < -0.3 is 11.1 Å². The molecule has 0 saturated carbocycles. The van der Waals surface area contributed by atoms with Gasteiger partial charge in [-0.25, -0.2) is 4.39 Å². The van der Waals surface area contributed by atoms with Crippen LogP contribution in [0.2, 0.25) is 0 Å². The van der Waals surface area contributed by atoms with E-state index in [0.29, 0.717) is 39.9 Å². The van der Waals surface area contributed by atoms with Crippen LogP contribution in [0.25, 0.3) is 22.3 Å². The standard InChI is InChI=1S/C20H16BFN2O/c1-24-20-14(11-25)9-13(10-17(20)23)16-8-7-15(18(21)19(16)22)12-5-3-2-4-6-12/h2-11,24H,23H2,1H3. The molecule has 0 atom stereocenters. The number of rotatable bonds is 4. The summed E-state index contributed by atoms with van der Waals surface area (Å²) in [6, 6.07) is 16.0. The van der Waals surface area contributed by atoms with Gasteiger partial charge in [-0.3, -0.25) is 4.79 Å². The summed E-state index contributed by atoms with van der Waals surface area (Å²) in [4.78, 5) is 11.3. The Kier molecular flexibility index (Phi) is 4.57. The fourth-order valence-corrected chi connectivity index (χ4v) is 2.91. The van der Waals surface area contributed by atoms with Crippen molar-refractivity contribution in [2.75, 3.05) is 18.1 Å². The number of hydrogen-bond acceptors (Lipinski definition) is 3. The first-order valence-electron chi connectivity index (χ1n) is 7.77. The highest BCUT2D eigenvalue weighted by atomic mass is 19.1. The molecule has 2 radical (unpaired) electrons. The predicted molar refractivity (Wildman–Crippen MR) is 102 cm³/mol. The van der Waals surface area contributed by atoms with Crippen molar-refractivity contribution in [1.29, 1.82) is 0 Å². The first kappa shape index (κ1) is 16.8. The van der Waals surface area contributed by atoms with E-state index in [2.05, 4.69) is 5.32 Å². The van der Waals surface area contributed by atoms with Gasteiger partial charge in [0.15, 0.2) is 6.29 Å². The number of benzene rings is 3. The fourth-order valence-electron chi connectivity index (χ4n) is 2.91. The van der Waals surface area contributed by atoms with Crippen molar-refractivity contribution >= 4 is 31.0 Å². The summed E-state index contributed by atoms with van der Waals surface area (Å²) in [5, 5.41) is 2.88. The average molecular weight is 330 g/mol. The van der Waals surface area contributed by atoms with Crippen LogP contribution in [0.5, 0.6) is 0 Å². The molecule has 0 aliphatic carbocycles. The number of nitrogens with one attached hydrogen (secondary N) is 1. The quantitative estimate of drug-likeness (QED) is 0.438. The van der Waals surface area contributed by atoms with E-state index in [1.165, 1.54) is 0 Å². The normalized spacial score (nSPS) is 10.5. The zero-order chi connectivity index (χ0) is 18.0. The van der Waals surface area contributed by atoms with Gasteiger partial charge in [-0.1, -0.05) is 47.9 Å². The van der Waals surface area contributed by atoms with Crippen molar-refractivity contribution in [2.24, 2.45) is 0 Å². The Morgan fingerprint density at radius 2 is 1.72 bits per heavy atom. The highest BCUT2D eigenvalue weighted by Crippen LogP contribution is 2.32. The van der Waals surface area contributed by atoms with Gasteiger partial charge in [0.25, 0.3) is 0 Å². The van der Waals surface area contributed by atoms with Gasteiger partial charge in [0.05, 0.1) is 11.4 Å². The van der Waals surface area contributed by atoms with E-state index in [1.54, 1.807) is 31.3 Å². The SMILES string of the molecule is [B]c1c(-c2ccccc2)ccc(-c2cc(N)c(NC)c(C=O)c2)c1F. The molecule has 0 aliphatic rings. The lowest BCUT2D eigenvalue weighted by Crippen LogP contribution is -2.14. The van der Waals surface area contributed by atoms with Crippen molar-refractivity contribution in [3.8, 4) is 22.3 Å². The maximum atomic E-state index is 14.9. The average Bonchev–Trinajstić information content (AvgIpc) is 2.64. The van der Waals surface area contributed by atoms with Crippen molar-refractivity contribution in [3.05, 3.63) is 66.0 Å². The molecule has 3 rings (SSSR count). The summed E-state index contributed by atoms with van der Waals surface area (Å²) in [6.45, 7) is 0. The molecule has 3 N–H and O–H groups in total. The van der Waals surface area contributed by atoms with E-state index < -0.39 is 5.82 Å². The Morgan fingerprint density at radius 1 is 1.04 bits per heavy atom.